The molecule has 1 unspecified atom stereocenters. The Kier molecular flexibility index (Phi) is 5.89. The predicted octanol–water partition coefficient (Wildman–Crippen LogP) is 2.58. The van der Waals surface area contributed by atoms with Crippen LogP contribution in [0.25, 0.3) is 11.1 Å². The highest BCUT2D eigenvalue weighted by molar-refractivity contribution is 5.77. The van der Waals surface area contributed by atoms with Gasteiger partial charge in [-0.25, -0.2) is 0 Å². The fourth-order valence-electron chi connectivity index (χ4n) is 3.29. The van der Waals surface area contributed by atoms with Crippen molar-refractivity contribution in [3.05, 3.63) is 18.2 Å². The summed E-state index contributed by atoms with van der Waals surface area (Å²) in [6.45, 7) is 6.01. The van der Waals surface area contributed by atoms with Gasteiger partial charge in [0.2, 0.25) is 5.91 Å². The molecule has 1 atom stereocenters. The molecule has 7 heteroatoms. The Morgan fingerprint density at radius 3 is 3.04 bits per heavy atom. The lowest BCUT2D eigenvalue weighted by atomic mass is 9.93. The molecule has 7 nitrogen and oxygen atoms in total. The first-order valence-electron chi connectivity index (χ1n) is 9.47. The van der Waals surface area contributed by atoms with Gasteiger partial charge in [0.1, 0.15) is 11.3 Å². The number of aliphatic hydroxyl groups excluding tert-OH is 1. The third-order valence-corrected chi connectivity index (χ3v) is 5.04. The van der Waals surface area contributed by atoms with Gasteiger partial charge >= 0.3 is 0 Å². The van der Waals surface area contributed by atoms with Gasteiger partial charge in [-0.3, -0.25) is 4.79 Å². The van der Waals surface area contributed by atoms with Crippen molar-refractivity contribution in [2.45, 2.75) is 33.1 Å². The maximum atomic E-state index is 12.3. The van der Waals surface area contributed by atoms with Crippen LogP contribution in [0.15, 0.2) is 22.6 Å². The van der Waals surface area contributed by atoms with Gasteiger partial charge in [-0.1, -0.05) is 13.8 Å². The lowest BCUT2D eigenvalue weighted by Gasteiger charge is -2.31. The SMILES string of the molecule is COc1ccc2oc(N3CCCC(CC(=O)NCC(C)(C)CO)C3)nc2c1. The second-order valence-electron chi connectivity index (χ2n) is 8.09. The molecule has 1 aromatic heterocycles. The molecule has 0 aliphatic carbocycles. The summed E-state index contributed by atoms with van der Waals surface area (Å²) in [5.41, 5.74) is 1.21. The normalized spacial score (nSPS) is 17.9. The zero-order chi connectivity index (χ0) is 19.4. The lowest BCUT2D eigenvalue weighted by molar-refractivity contribution is -0.122. The molecule has 1 saturated heterocycles. The molecule has 0 bridgehead atoms. The second-order valence-corrected chi connectivity index (χ2v) is 8.09. The van der Waals surface area contributed by atoms with Gasteiger partial charge in [-0.05, 0) is 30.9 Å². The summed E-state index contributed by atoms with van der Waals surface area (Å²) in [7, 11) is 1.63. The molecule has 2 N–H and O–H groups in total. The average molecular weight is 375 g/mol. The van der Waals surface area contributed by atoms with Gasteiger partial charge in [0.15, 0.2) is 5.58 Å². The number of nitrogens with one attached hydrogen (secondary N) is 1. The highest BCUT2D eigenvalue weighted by atomic mass is 16.5. The Balaban J connectivity index is 1.60. The Labute approximate surface area is 159 Å². The van der Waals surface area contributed by atoms with Crippen molar-refractivity contribution < 1.29 is 19.1 Å². The van der Waals surface area contributed by atoms with E-state index in [2.05, 4.69) is 15.2 Å². The predicted molar refractivity (Wildman–Crippen MR) is 104 cm³/mol. The van der Waals surface area contributed by atoms with Gasteiger partial charge in [-0.15, -0.1) is 0 Å². The molecule has 3 rings (SSSR count). The van der Waals surface area contributed by atoms with E-state index in [9.17, 15) is 9.90 Å². The average Bonchev–Trinajstić information content (AvgIpc) is 3.10. The first-order chi connectivity index (χ1) is 12.9. The number of carbonyl (C=O) groups excluding carboxylic acids is 1. The number of hydrogen-bond acceptors (Lipinski definition) is 6. The van der Waals surface area contributed by atoms with Gasteiger partial charge in [0.25, 0.3) is 6.01 Å². The molecule has 2 heterocycles. The Morgan fingerprint density at radius 1 is 1.48 bits per heavy atom. The number of methoxy groups -OCH3 is 1. The number of amides is 1. The topological polar surface area (TPSA) is 87.8 Å². The lowest BCUT2D eigenvalue weighted by Crippen LogP contribution is -2.40. The quantitative estimate of drug-likeness (QED) is 0.773. The molecule has 2 aromatic rings. The number of hydrogen-bond donors (Lipinski definition) is 2. The second kappa shape index (κ2) is 8.17. The van der Waals surface area contributed by atoms with Gasteiger partial charge in [0, 0.05) is 44.1 Å². The van der Waals surface area contributed by atoms with Crippen LogP contribution in [-0.4, -0.2) is 49.3 Å². The summed E-state index contributed by atoms with van der Waals surface area (Å²) in [6, 6.07) is 6.18. The summed E-state index contributed by atoms with van der Waals surface area (Å²) < 4.78 is 11.1. The van der Waals surface area contributed by atoms with Gasteiger partial charge in [0.05, 0.1) is 7.11 Å². The molecule has 1 aliphatic rings. The minimum Gasteiger partial charge on any atom is -0.497 e. The van der Waals surface area contributed by atoms with Crippen molar-refractivity contribution in [3.8, 4) is 5.75 Å². The summed E-state index contributed by atoms with van der Waals surface area (Å²) in [6.07, 6.45) is 2.50. The van der Waals surface area contributed by atoms with E-state index >= 15 is 0 Å². The minimum absolute atomic E-state index is 0.0330. The van der Waals surface area contributed by atoms with Crippen LogP contribution in [0.3, 0.4) is 0 Å². The maximum Gasteiger partial charge on any atom is 0.298 e. The van der Waals surface area contributed by atoms with Crippen LogP contribution in [0.2, 0.25) is 0 Å². The van der Waals surface area contributed by atoms with E-state index in [4.69, 9.17) is 9.15 Å². The molecule has 1 aromatic carbocycles. The number of nitrogens with zero attached hydrogens (tertiary/aromatic N) is 2. The Hall–Kier alpha value is -2.28. The first kappa shape index (κ1) is 19.5. The van der Waals surface area contributed by atoms with E-state index in [1.165, 1.54) is 0 Å². The van der Waals surface area contributed by atoms with E-state index in [0.29, 0.717) is 19.0 Å². The number of aliphatic hydroxyl groups is 1. The first-order valence-corrected chi connectivity index (χ1v) is 9.47. The molecule has 27 heavy (non-hydrogen) atoms. The van der Waals surface area contributed by atoms with E-state index in [1.807, 2.05) is 32.0 Å². The minimum atomic E-state index is -0.298. The van der Waals surface area contributed by atoms with Crippen LogP contribution in [0, 0.1) is 11.3 Å². The summed E-state index contributed by atoms with van der Waals surface area (Å²) in [4.78, 5) is 19.0. The molecular formula is C20H29N3O4. The van der Waals surface area contributed by atoms with Crippen LogP contribution in [0.5, 0.6) is 5.75 Å². The number of fused-ring (bicyclic) bond motifs is 1. The molecule has 1 fully saturated rings. The van der Waals surface area contributed by atoms with Crippen molar-refractivity contribution in [2.75, 3.05) is 38.3 Å². The summed E-state index contributed by atoms with van der Waals surface area (Å²) in [5.74, 6) is 1.05. The fourth-order valence-corrected chi connectivity index (χ4v) is 3.29. The van der Waals surface area contributed by atoms with Gasteiger partial charge in [-0.2, -0.15) is 4.98 Å². The number of oxazole rings is 1. The van der Waals surface area contributed by atoms with E-state index in [1.54, 1.807) is 7.11 Å². The van der Waals surface area contributed by atoms with Gasteiger partial charge < -0.3 is 24.5 Å². The molecule has 0 radical (unpaired) electrons. The van der Waals surface area contributed by atoms with E-state index in [0.717, 1.165) is 42.8 Å². The largest absolute Gasteiger partial charge is 0.497 e. The van der Waals surface area contributed by atoms with Crippen molar-refractivity contribution in [3.63, 3.8) is 0 Å². The number of benzene rings is 1. The smallest absolute Gasteiger partial charge is 0.298 e. The van der Waals surface area contributed by atoms with E-state index in [-0.39, 0.29) is 23.8 Å². The highest BCUT2D eigenvalue weighted by Gasteiger charge is 2.26. The maximum absolute atomic E-state index is 12.3. The summed E-state index contributed by atoms with van der Waals surface area (Å²) >= 11 is 0. The zero-order valence-corrected chi connectivity index (χ0v) is 16.3. The zero-order valence-electron chi connectivity index (χ0n) is 16.3. The molecule has 0 saturated carbocycles. The number of rotatable bonds is 7. The molecule has 148 valence electrons. The van der Waals surface area contributed by atoms with Crippen LogP contribution < -0.4 is 15.0 Å². The molecule has 1 aliphatic heterocycles. The van der Waals surface area contributed by atoms with Crippen LogP contribution in [-0.2, 0) is 4.79 Å². The number of ether oxygens (including phenoxy) is 1. The Morgan fingerprint density at radius 2 is 2.30 bits per heavy atom. The van der Waals surface area contributed by atoms with Crippen LogP contribution >= 0.6 is 0 Å². The number of anilines is 1. The van der Waals surface area contributed by atoms with Crippen molar-refractivity contribution in [1.82, 2.24) is 10.3 Å². The molecule has 1 amide bonds. The Bertz CT molecular complexity index is 787. The van der Waals surface area contributed by atoms with Crippen LogP contribution in [0.4, 0.5) is 6.01 Å². The highest BCUT2D eigenvalue weighted by Crippen LogP contribution is 2.29. The number of piperidine rings is 1. The van der Waals surface area contributed by atoms with Crippen molar-refractivity contribution >= 4 is 23.0 Å². The van der Waals surface area contributed by atoms with Crippen molar-refractivity contribution in [2.24, 2.45) is 11.3 Å². The third kappa shape index (κ3) is 4.91. The monoisotopic (exact) mass is 375 g/mol. The van der Waals surface area contributed by atoms with E-state index < -0.39 is 0 Å². The van der Waals surface area contributed by atoms with Crippen LogP contribution in [0.1, 0.15) is 33.1 Å². The fraction of sp³-hybridized carbons (Fsp3) is 0.600. The molecule has 0 spiro atoms. The number of carbonyl (C=O) groups is 1. The summed E-state index contributed by atoms with van der Waals surface area (Å²) in [5, 5.41) is 12.2. The standard InChI is InChI=1S/C20H29N3O4/c1-20(2,13-24)12-21-18(25)9-14-5-4-8-23(11-14)19-22-16-10-15(26-3)6-7-17(16)27-19/h6-7,10,14,24H,4-5,8-9,11-13H2,1-3H3,(H,21,25). The third-order valence-electron chi connectivity index (χ3n) is 5.04. The van der Waals surface area contributed by atoms with Crippen molar-refractivity contribution in [1.29, 1.82) is 0 Å². The number of aromatic nitrogens is 1. The molecular weight excluding hydrogens is 346 g/mol.